The molecule has 1 atom stereocenters. The predicted molar refractivity (Wildman–Crippen MR) is 62.6 cm³/mol. The highest BCUT2D eigenvalue weighted by Crippen LogP contribution is 2.33. The van der Waals surface area contributed by atoms with Gasteiger partial charge in [0.25, 0.3) is 5.91 Å². The van der Waals surface area contributed by atoms with Crippen LogP contribution in [0, 0.1) is 0 Å². The zero-order chi connectivity index (χ0) is 13.3. The highest BCUT2D eigenvalue weighted by Gasteiger charge is 2.35. The van der Waals surface area contributed by atoms with Crippen molar-refractivity contribution in [2.24, 2.45) is 0 Å². The third-order valence-electron chi connectivity index (χ3n) is 3.04. The van der Waals surface area contributed by atoms with Crippen LogP contribution in [0.3, 0.4) is 0 Å². The van der Waals surface area contributed by atoms with Crippen LogP contribution in [-0.2, 0) is 15.0 Å². The highest BCUT2D eigenvalue weighted by molar-refractivity contribution is 5.95. The first-order chi connectivity index (χ1) is 8.47. The van der Waals surface area contributed by atoms with Crippen LogP contribution in [-0.4, -0.2) is 35.3 Å². The summed E-state index contributed by atoms with van der Waals surface area (Å²) in [6.45, 7) is 0.834. The second kappa shape index (κ2) is 4.30. The minimum absolute atomic E-state index is 0.0530. The van der Waals surface area contributed by atoms with E-state index in [4.69, 9.17) is 9.84 Å². The summed E-state index contributed by atoms with van der Waals surface area (Å²) >= 11 is 0. The number of carboxylic acids is 1. The van der Waals surface area contributed by atoms with E-state index < -0.39 is 18.0 Å². The monoisotopic (exact) mass is 251 g/mol. The molecule has 0 bridgehead atoms. The Morgan fingerprint density at radius 3 is 2.89 bits per heavy atom. The van der Waals surface area contributed by atoms with Crippen molar-refractivity contribution in [3.05, 3.63) is 23.8 Å². The standard InChI is InChI=1S/C12H13NO5/c1-12(6-14,11(16)17)7-2-3-9-8(4-7)13-10(15)5-18-9/h2-4,14H,5-6H2,1H3,(H,13,15)(H,16,17). The third kappa shape index (κ3) is 1.91. The van der Waals surface area contributed by atoms with Crippen LogP contribution in [0.2, 0.25) is 0 Å². The quantitative estimate of drug-likeness (QED) is 0.720. The Kier molecular flexibility index (Phi) is 2.96. The Morgan fingerprint density at radius 2 is 2.28 bits per heavy atom. The number of hydrogen-bond donors (Lipinski definition) is 3. The van der Waals surface area contributed by atoms with E-state index in [9.17, 15) is 14.7 Å². The van der Waals surface area contributed by atoms with Crippen LogP contribution >= 0.6 is 0 Å². The van der Waals surface area contributed by atoms with Crippen LogP contribution < -0.4 is 10.1 Å². The van der Waals surface area contributed by atoms with Crippen molar-refractivity contribution < 1.29 is 24.5 Å². The normalized spacial score (nSPS) is 17.1. The van der Waals surface area contributed by atoms with Gasteiger partial charge in [0.15, 0.2) is 6.61 Å². The number of benzene rings is 1. The SMILES string of the molecule is CC(CO)(C(=O)O)c1ccc2c(c1)NC(=O)CO2. The summed E-state index contributed by atoms with van der Waals surface area (Å²) in [5.41, 5.74) is -0.580. The Balaban J connectivity index is 2.45. The van der Waals surface area contributed by atoms with E-state index in [2.05, 4.69) is 5.32 Å². The fourth-order valence-electron chi connectivity index (χ4n) is 1.71. The summed E-state index contributed by atoms with van der Waals surface area (Å²) in [5.74, 6) is -0.933. The number of nitrogens with one attached hydrogen (secondary N) is 1. The molecular weight excluding hydrogens is 238 g/mol. The molecule has 1 aliphatic heterocycles. The average molecular weight is 251 g/mol. The number of aliphatic hydroxyl groups excluding tert-OH is 1. The number of aliphatic hydroxyl groups is 1. The van der Waals surface area contributed by atoms with Crippen molar-refractivity contribution in [2.75, 3.05) is 18.5 Å². The van der Waals surface area contributed by atoms with Gasteiger partial charge in [-0.3, -0.25) is 9.59 Å². The summed E-state index contributed by atoms with van der Waals surface area (Å²) in [7, 11) is 0. The molecule has 1 aromatic rings. The van der Waals surface area contributed by atoms with Crippen LogP contribution in [0.15, 0.2) is 18.2 Å². The number of aliphatic carboxylic acids is 1. The average Bonchev–Trinajstić information content (AvgIpc) is 2.36. The van der Waals surface area contributed by atoms with E-state index in [-0.39, 0.29) is 12.5 Å². The second-order valence-corrected chi connectivity index (χ2v) is 4.34. The lowest BCUT2D eigenvalue weighted by Crippen LogP contribution is -2.36. The van der Waals surface area contributed by atoms with E-state index in [1.54, 1.807) is 12.1 Å². The van der Waals surface area contributed by atoms with Gasteiger partial charge in [0.1, 0.15) is 11.2 Å². The number of anilines is 1. The molecule has 0 saturated heterocycles. The predicted octanol–water partition coefficient (Wildman–Crippen LogP) is 0.352. The molecule has 18 heavy (non-hydrogen) atoms. The molecule has 3 N–H and O–H groups in total. The van der Waals surface area contributed by atoms with Crippen molar-refractivity contribution in [3.8, 4) is 5.75 Å². The third-order valence-corrected chi connectivity index (χ3v) is 3.04. The molecule has 6 nitrogen and oxygen atoms in total. The number of carboxylic acid groups (broad SMARTS) is 1. The number of hydrogen-bond acceptors (Lipinski definition) is 4. The molecule has 2 rings (SSSR count). The molecule has 0 saturated carbocycles. The Bertz CT molecular complexity index is 513. The van der Waals surface area contributed by atoms with Crippen LogP contribution in [0.1, 0.15) is 12.5 Å². The van der Waals surface area contributed by atoms with Gasteiger partial charge >= 0.3 is 5.97 Å². The lowest BCUT2D eigenvalue weighted by molar-refractivity contribution is -0.144. The van der Waals surface area contributed by atoms with E-state index >= 15 is 0 Å². The van der Waals surface area contributed by atoms with Crippen molar-refractivity contribution in [3.63, 3.8) is 0 Å². The van der Waals surface area contributed by atoms with Crippen molar-refractivity contribution in [1.82, 2.24) is 0 Å². The number of amides is 1. The highest BCUT2D eigenvalue weighted by atomic mass is 16.5. The first-order valence-corrected chi connectivity index (χ1v) is 5.39. The molecule has 1 aliphatic rings. The molecule has 1 aromatic carbocycles. The summed E-state index contributed by atoms with van der Waals surface area (Å²) in [6, 6.07) is 4.67. The number of carbonyl (C=O) groups excluding carboxylic acids is 1. The van der Waals surface area contributed by atoms with Crippen molar-refractivity contribution in [2.45, 2.75) is 12.3 Å². The maximum absolute atomic E-state index is 11.2. The molecule has 1 unspecified atom stereocenters. The van der Waals surface area contributed by atoms with Gasteiger partial charge in [-0.1, -0.05) is 6.07 Å². The fourth-order valence-corrected chi connectivity index (χ4v) is 1.71. The van der Waals surface area contributed by atoms with Crippen LogP contribution in [0.25, 0.3) is 0 Å². The molecule has 0 spiro atoms. The van der Waals surface area contributed by atoms with Gasteiger partial charge in [0.2, 0.25) is 0 Å². The first kappa shape index (κ1) is 12.4. The molecular formula is C12H13NO5. The van der Waals surface area contributed by atoms with Crippen LogP contribution in [0.4, 0.5) is 5.69 Å². The van der Waals surface area contributed by atoms with Gasteiger partial charge in [0, 0.05) is 0 Å². The molecule has 0 aromatic heterocycles. The maximum atomic E-state index is 11.2. The first-order valence-electron chi connectivity index (χ1n) is 5.39. The lowest BCUT2D eigenvalue weighted by Gasteiger charge is -2.25. The van der Waals surface area contributed by atoms with Gasteiger partial charge in [-0.2, -0.15) is 0 Å². The van der Waals surface area contributed by atoms with E-state index in [0.717, 1.165) is 0 Å². The number of rotatable bonds is 3. The van der Waals surface area contributed by atoms with E-state index in [1.165, 1.54) is 13.0 Å². The Hall–Kier alpha value is -2.08. The number of carbonyl (C=O) groups is 2. The molecule has 6 heteroatoms. The van der Waals surface area contributed by atoms with Gasteiger partial charge in [-0.05, 0) is 24.6 Å². The van der Waals surface area contributed by atoms with Gasteiger partial charge in [-0.15, -0.1) is 0 Å². The number of ether oxygens (including phenoxy) is 1. The Morgan fingerprint density at radius 1 is 1.56 bits per heavy atom. The number of fused-ring (bicyclic) bond motifs is 1. The van der Waals surface area contributed by atoms with Crippen molar-refractivity contribution >= 4 is 17.6 Å². The summed E-state index contributed by atoms with van der Waals surface area (Å²) in [5, 5.41) is 21.0. The topological polar surface area (TPSA) is 95.9 Å². The molecule has 1 heterocycles. The van der Waals surface area contributed by atoms with Crippen LogP contribution in [0.5, 0.6) is 5.75 Å². The molecule has 0 aliphatic carbocycles. The summed E-state index contributed by atoms with van der Waals surface area (Å²) in [4.78, 5) is 22.4. The van der Waals surface area contributed by atoms with Gasteiger partial charge in [-0.25, -0.2) is 0 Å². The minimum atomic E-state index is -1.41. The fraction of sp³-hybridized carbons (Fsp3) is 0.333. The molecule has 96 valence electrons. The van der Waals surface area contributed by atoms with E-state index in [1.807, 2.05) is 0 Å². The molecule has 1 amide bonds. The van der Waals surface area contributed by atoms with Gasteiger partial charge in [0.05, 0.1) is 12.3 Å². The lowest BCUT2D eigenvalue weighted by atomic mass is 9.83. The summed E-state index contributed by atoms with van der Waals surface area (Å²) < 4.78 is 5.18. The van der Waals surface area contributed by atoms with Crippen molar-refractivity contribution in [1.29, 1.82) is 0 Å². The zero-order valence-corrected chi connectivity index (χ0v) is 9.77. The molecule has 0 radical (unpaired) electrons. The van der Waals surface area contributed by atoms with E-state index in [0.29, 0.717) is 17.0 Å². The van der Waals surface area contributed by atoms with Gasteiger partial charge < -0.3 is 20.3 Å². The largest absolute Gasteiger partial charge is 0.482 e. The molecule has 0 fully saturated rings. The second-order valence-electron chi connectivity index (χ2n) is 4.34. The minimum Gasteiger partial charge on any atom is -0.482 e. The Labute approximate surface area is 103 Å². The maximum Gasteiger partial charge on any atom is 0.316 e. The zero-order valence-electron chi connectivity index (χ0n) is 9.77. The smallest absolute Gasteiger partial charge is 0.316 e. The summed E-state index contributed by atoms with van der Waals surface area (Å²) in [6.07, 6.45) is 0.